The van der Waals surface area contributed by atoms with Gasteiger partial charge in [0.15, 0.2) is 0 Å². The van der Waals surface area contributed by atoms with Crippen LogP contribution in [-0.2, 0) is 12.8 Å². The van der Waals surface area contributed by atoms with Crippen molar-refractivity contribution in [1.29, 1.82) is 0 Å². The van der Waals surface area contributed by atoms with Gasteiger partial charge < -0.3 is 5.32 Å². The molecule has 0 amide bonds. The van der Waals surface area contributed by atoms with Crippen LogP contribution in [0.25, 0.3) is 0 Å². The first-order chi connectivity index (χ1) is 9.24. The van der Waals surface area contributed by atoms with Gasteiger partial charge in [0.05, 0.1) is 5.69 Å². The lowest BCUT2D eigenvalue weighted by molar-refractivity contribution is 0.687. The molecule has 0 atom stereocenters. The molecule has 0 saturated carbocycles. The number of aromatic nitrogens is 1. The average molecular weight is 317 g/mol. The van der Waals surface area contributed by atoms with E-state index in [2.05, 4.69) is 44.4 Å². The lowest BCUT2D eigenvalue weighted by atomic mass is 9.90. The second kappa shape index (κ2) is 5.33. The molecule has 1 N–H and O–H groups in total. The average Bonchev–Trinajstić information content (AvgIpc) is 2.43. The van der Waals surface area contributed by atoms with Crippen LogP contribution in [0, 0.1) is 6.92 Å². The van der Waals surface area contributed by atoms with E-state index in [1.807, 2.05) is 19.1 Å². The standard InChI is InChI=1S/C16H17BrN2/c1-11-14(17)9-10-16(18-11)19-15-8-4-6-12-5-2-3-7-13(12)15/h4,6,8-10H,2-3,5,7H2,1H3,(H,18,19). The first kappa shape index (κ1) is 12.7. The highest BCUT2D eigenvalue weighted by atomic mass is 79.9. The number of fused-ring (bicyclic) bond motifs is 1. The van der Waals surface area contributed by atoms with Gasteiger partial charge in [0.1, 0.15) is 5.82 Å². The maximum atomic E-state index is 4.56. The third kappa shape index (κ3) is 2.66. The minimum Gasteiger partial charge on any atom is -0.340 e. The summed E-state index contributed by atoms with van der Waals surface area (Å²) in [6.07, 6.45) is 4.98. The summed E-state index contributed by atoms with van der Waals surface area (Å²) in [6.45, 7) is 2.01. The highest BCUT2D eigenvalue weighted by molar-refractivity contribution is 9.10. The molecule has 3 rings (SSSR count). The number of hydrogen-bond donors (Lipinski definition) is 1. The van der Waals surface area contributed by atoms with Crippen LogP contribution in [0.15, 0.2) is 34.8 Å². The van der Waals surface area contributed by atoms with Crippen LogP contribution in [-0.4, -0.2) is 4.98 Å². The van der Waals surface area contributed by atoms with Crippen molar-refractivity contribution in [2.24, 2.45) is 0 Å². The van der Waals surface area contributed by atoms with E-state index >= 15 is 0 Å². The molecule has 1 heterocycles. The number of nitrogens with one attached hydrogen (secondary N) is 1. The Kier molecular flexibility index (Phi) is 3.56. The predicted molar refractivity (Wildman–Crippen MR) is 83.0 cm³/mol. The molecule has 0 bridgehead atoms. The number of anilines is 2. The van der Waals surface area contributed by atoms with Gasteiger partial charge in [-0.1, -0.05) is 12.1 Å². The number of hydrogen-bond acceptors (Lipinski definition) is 2. The fourth-order valence-electron chi connectivity index (χ4n) is 2.65. The zero-order valence-electron chi connectivity index (χ0n) is 11.0. The van der Waals surface area contributed by atoms with Gasteiger partial charge in [-0.05, 0) is 77.9 Å². The van der Waals surface area contributed by atoms with Gasteiger partial charge in [0, 0.05) is 10.2 Å². The maximum Gasteiger partial charge on any atom is 0.130 e. The number of halogens is 1. The summed E-state index contributed by atoms with van der Waals surface area (Å²) in [5.74, 6) is 0.916. The summed E-state index contributed by atoms with van der Waals surface area (Å²) in [6, 6.07) is 10.6. The summed E-state index contributed by atoms with van der Waals surface area (Å²) in [5, 5.41) is 3.47. The molecule has 1 aliphatic rings. The lowest BCUT2D eigenvalue weighted by Crippen LogP contribution is -2.06. The predicted octanol–water partition coefficient (Wildman–Crippen LogP) is 4.77. The quantitative estimate of drug-likeness (QED) is 0.862. The van der Waals surface area contributed by atoms with E-state index in [1.165, 1.54) is 42.5 Å². The van der Waals surface area contributed by atoms with Crippen LogP contribution in [0.4, 0.5) is 11.5 Å². The van der Waals surface area contributed by atoms with E-state index in [1.54, 1.807) is 0 Å². The molecule has 2 nitrogen and oxygen atoms in total. The molecule has 19 heavy (non-hydrogen) atoms. The molecule has 1 aliphatic carbocycles. The molecule has 2 aromatic rings. The monoisotopic (exact) mass is 316 g/mol. The zero-order chi connectivity index (χ0) is 13.2. The van der Waals surface area contributed by atoms with Gasteiger partial charge in [-0.15, -0.1) is 0 Å². The summed E-state index contributed by atoms with van der Waals surface area (Å²) in [5.41, 5.74) is 5.18. The van der Waals surface area contributed by atoms with E-state index in [4.69, 9.17) is 0 Å². The topological polar surface area (TPSA) is 24.9 Å². The minimum atomic E-state index is 0.916. The fourth-order valence-corrected chi connectivity index (χ4v) is 2.87. The second-order valence-electron chi connectivity index (χ2n) is 5.04. The van der Waals surface area contributed by atoms with Crippen LogP contribution in [0.5, 0.6) is 0 Å². The fraction of sp³-hybridized carbons (Fsp3) is 0.312. The van der Waals surface area contributed by atoms with Gasteiger partial charge in [-0.3, -0.25) is 0 Å². The summed E-state index contributed by atoms with van der Waals surface area (Å²) >= 11 is 3.48. The van der Waals surface area contributed by atoms with E-state index in [0.29, 0.717) is 0 Å². The van der Waals surface area contributed by atoms with Crippen LogP contribution in [0.2, 0.25) is 0 Å². The number of nitrogens with zero attached hydrogens (tertiary/aromatic N) is 1. The molecule has 0 fully saturated rings. The molecule has 98 valence electrons. The van der Waals surface area contributed by atoms with Crippen molar-refractivity contribution in [2.75, 3.05) is 5.32 Å². The SMILES string of the molecule is Cc1nc(Nc2cccc3c2CCCC3)ccc1Br. The smallest absolute Gasteiger partial charge is 0.130 e. The van der Waals surface area contributed by atoms with E-state index in [-0.39, 0.29) is 0 Å². The molecule has 3 heteroatoms. The number of rotatable bonds is 2. The zero-order valence-corrected chi connectivity index (χ0v) is 12.6. The molecule has 1 aromatic heterocycles. The van der Waals surface area contributed by atoms with Gasteiger partial charge in [-0.2, -0.15) is 0 Å². The third-order valence-electron chi connectivity index (χ3n) is 3.68. The Bertz CT molecular complexity index is 608. The highest BCUT2D eigenvalue weighted by Gasteiger charge is 2.13. The van der Waals surface area contributed by atoms with Gasteiger partial charge >= 0.3 is 0 Å². The van der Waals surface area contributed by atoms with Gasteiger partial charge in [0.2, 0.25) is 0 Å². The van der Waals surface area contributed by atoms with Crippen LogP contribution in [0.1, 0.15) is 29.7 Å². The first-order valence-electron chi connectivity index (χ1n) is 6.75. The number of pyridine rings is 1. The van der Waals surface area contributed by atoms with Crippen LogP contribution >= 0.6 is 15.9 Å². The van der Waals surface area contributed by atoms with E-state index in [0.717, 1.165) is 16.0 Å². The molecule has 0 unspecified atom stereocenters. The largest absolute Gasteiger partial charge is 0.340 e. The minimum absolute atomic E-state index is 0.916. The van der Waals surface area contributed by atoms with E-state index < -0.39 is 0 Å². The van der Waals surface area contributed by atoms with Crippen LogP contribution in [0.3, 0.4) is 0 Å². The maximum absolute atomic E-state index is 4.56. The highest BCUT2D eigenvalue weighted by Crippen LogP contribution is 2.30. The molecule has 0 saturated heterocycles. The van der Waals surface area contributed by atoms with E-state index in [9.17, 15) is 0 Å². The lowest BCUT2D eigenvalue weighted by Gasteiger charge is -2.20. The summed E-state index contributed by atoms with van der Waals surface area (Å²) in [7, 11) is 0. The normalized spacial score (nSPS) is 14.0. The Morgan fingerprint density at radius 2 is 1.95 bits per heavy atom. The molecule has 0 aliphatic heterocycles. The molecule has 0 spiro atoms. The third-order valence-corrected chi connectivity index (χ3v) is 4.52. The molecular weight excluding hydrogens is 300 g/mol. The van der Waals surface area contributed by atoms with Crippen molar-refractivity contribution >= 4 is 27.4 Å². The van der Waals surface area contributed by atoms with Crippen LogP contribution < -0.4 is 5.32 Å². The van der Waals surface area contributed by atoms with Gasteiger partial charge in [0.25, 0.3) is 0 Å². The molecular formula is C16H17BrN2. The van der Waals surface area contributed by atoms with Crippen molar-refractivity contribution in [2.45, 2.75) is 32.6 Å². The second-order valence-corrected chi connectivity index (χ2v) is 5.89. The molecule has 1 aromatic carbocycles. The van der Waals surface area contributed by atoms with Crippen molar-refractivity contribution in [3.05, 3.63) is 51.6 Å². The Morgan fingerprint density at radius 3 is 2.79 bits per heavy atom. The Hall–Kier alpha value is -1.35. The Morgan fingerprint density at radius 1 is 1.11 bits per heavy atom. The summed E-state index contributed by atoms with van der Waals surface area (Å²) < 4.78 is 1.05. The number of aryl methyl sites for hydroxylation is 2. The van der Waals surface area contributed by atoms with Gasteiger partial charge in [-0.25, -0.2) is 4.98 Å². The van der Waals surface area contributed by atoms with Crippen molar-refractivity contribution in [3.63, 3.8) is 0 Å². The Labute approximate surface area is 122 Å². The Balaban J connectivity index is 1.92. The number of benzene rings is 1. The first-order valence-corrected chi connectivity index (χ1v) is 7.54. The van der Waals surface area contributed by atoms with Crippen molar-refractivity contribution < 1.29 is 0 Å². The van der Waals surface area contributed by atoms with Crippen molar-refractivity contribution in [1.82, 2.24) is 4.98 Å². The summed E-state index contributed by atoms with van der Waals surface area (Å²) in [4.78, 5) is 4.56. The molecule has 0 radical (unpaired) electrons. The van der Waals surface area contributed by atoms with Crippen molar-refractivity contribution in [3.8, 4) is 0 Å².